The van der Waals surface area contributed by atoms with Crippen LogP contribution in [0.1, 0.15) is 109 Å². The van der Waals surface area contributed by atoms with Gasteiger partial charge in [-0.05, 0) is 218 Å². The molecule has 0 heterocycles. The van der Waals surface area contributed by atoms with E-state index in [1.165, 1.54) is 138 Å². The van der Waals surface area contributed by atoms with Gasteiger partial charge < -0.3 is 9.80 Å². The molecule has 2 heteroatoms. The van der Waals surface area contributed by atoms with Crippen molar-refractivity contribution in [1.29, 1.82) is 0 Å². The van der Waals surface area contributed by atoms with Crippen LogP contribution >= 0.6 is 0 Å². The number of nitrogens with zero attached hydrogens (tertiary/aromatic N) is 2. The van der Waals surface area contributed by atoms with Gasteiger partial charge in [0, 0.05) is 39.8 Å². The Morgan fingerprint density at radius 3 is 1.88 bits per heavy atom. The Bertz CT molecular complexity index is 4140. The lowest BCUT2D eigenvalue weighted by Crippen LogP contribution is -2.38. The number of rotatable bonds is 9. The summed E-state index contributed by atoms with van der Waals surface area (Å²) in [6.45, 7) is 4.79. The minimum absolute atomic E-state index is 0.0853. The molecule has 392 valence electrons. The van der Waals surface area contributed by atoms with E-state index in [1.54, 1.807) is 5.56 Å². The Morgan fingerprint density at radius 1 is 0.444 bits per heavy atom. The number of allylic oxidation sites excluding steroid dienone is 6. The second kappa shape index (κ2) is 18.0. The van der Waals surface area contributed by atoms with Crippen LogP contribution in [0.4, 0.5) is 22.7 Å². The zero-order valence-corrected chi connectivity index (χ0v) is 46.3. The molecule has 0 radical (unpaired) electrons. The van der Waals surface area contributed by atoms with Crippen molar-refractivity contribution < 1.29 is 0 Å². The van der Waals surface area contributed by atoms with E-state index in [1.807, 2.05) is 0 Å². The highest BCUT2D eigenvalue weighted by Crippen LogP contribution is 2.67. The van der Waals surface area contributed by atoms with Crippen LogP contribution in [0.3, 0.4) is 0 Å². The first-order chi connectivity index (χ1) is 39.9. The van der Waals surface area contributed by atoms with Crippen LogP contribution in [0.15, 0.2) is 260 Å². The summed E-state index contributed by atoms with van der Waals surface area (Å²) in [6, 6.07) is 84.4. The molecule has 4 fully saturated rings. The summed E-state index contributed by atoms with van der Waals surface area (Å²) < 4.78 is 0. The fraction of sp³-hybridized carbons (Fsp3) is 0.215. The van der Waals surface area contributed by atoms with Crippen LogP contribution in [0, 0.1) is 23.7 Å². The molecule has 9 aromatic rings. The predicted octanol–water partition coefficient (Wildman–Crippen LogP) is 19.8. The Morgan fingerprint density at radius 2 is 1.09 bits per heavy atom. The fourth-order valence-corrected chi connectivity index (χ4v) is 17.9. The van der Waals surface area contributed by atoms with E-state index in [0.717, 1.165) is 36.5 Å². The lowest BCUT2D eigenvalue weighted by Gasteiger charge is -2.42. The van der Waals surface area contributed by atoms with Gasteiger partial charge in [-0.1, -0.05) is 202 Å². The molecule has 18 rings (SSSR count). The minimum atomic E-state index is -0.600. The van der Waals surface area contributed by atoms with Crippen LogP contribution in [0.5, 0.6) is 0 Å². The Labute approximate surface area is 478 Å². The summed E-state index contributed by atoms with van der Waals surface area (Å²) in [5.74, 6) is 4.45. The van der Waals surface area contributed by atoms with Gasteiger partial charge in [-0.3, -0.25) is 0 Å². The second-order valence-corrected chi connectivity index (χ2v) is 25.4. The Hall–Kier alpha value is -8.46. The molecule has 4 bridgehead atoms. The molecule has 0 aliphatic heterocycles. The van der Waals surface area contributed by atoms with Gasteiger partial charge in [0.15, 0.2) is 0 Å². The molecule has 4 saturated carbocycles. The third kappa shape index (κ3) is 6.99. The van der Waals surface area contributed by atoms with Crippen LogP contribution < -0.4 is 9.80 Å². The first-order valence-corrected chi connectivity index (χ1v) is 30.2. The first-order valence-electron chi connectivity index (χ1n) is 30.2. The van der Waals surface area contributed by atoms with E-state index in [9.17, 15) is 0 Å². The number of fused-ring (bicyclic) bond motifs is 12. The monoisotopic (exact) mass is 1040 g/mol. The van der Waals surface area contributed by atoms with Crippen molar-refractivity contribution >= 4 is 28.3 Å². The van der Waals surface area contributed by atoms with E-state index in [-0.39, 0.29) is 17.4 Å². The Balaban J connectivity index is 0.893. The standard InChI is InChI=1S/C79H66N2/c1-78(2)70-29-17-15-27-62(70)68-46-60(37-40-71(68)78)81(58-25-13-6-14-26-58)76-49-75-69(48-65(76)52-21-9-4-10-22-52)63-28-16-18-30-72(63)79(75)73-39-33-54(51-19-7-3-8-20-51)45-67(73)64-38-36-61(47-74(64)79)80(57-23-11-5-12-24-57)59-34-31-53(32-35-59)77-56-42-50-41-55(44-56)66(77)43-50/h3-25,27-40,45-47,49-50,55-56,58,65-66,77H,26,41-44,48H2,1-2H3. The summed E-state index contributed by atoms with van der Waals surface area (Å²) in [7, 11) is 0. The molecule has 8 atom stereocenters. The quantitative estimate of drug-likeness (QED) is 0.142. The molecule has 81 heavy (non-hydrogen) atoms. The predicted molar refractivity (Wildman–Crippen MR) is 335 cm³/mol. The highest BCUT2D eigenvalue weighted by atomic mass is 15.2. The second-order valence-electron chi connectivity index (χ2n) is 25.4. The topological polar surface area (TPSA) is 6.48 Å². The maximum Gasteiger partial charge on any atom is 0.0723 e. The van der Waals surface area contributed by atoms with Crippen molar-refractivity contribution in [2.75, 3.05) is 9.80 Å². The number of hydrogen-bond acceptors (Lipinski definition) is 2. The number of hydrogen-bond donors (Lipinski definition) is 0. The van der Waals surface area contributed by atoms with Crippen molar-refractivity contribution in [2.24, 2.45) is 23.7 Å². The fourth-order valence-electron chi connectivity index (χ4n) is 17.9. The summed E-state index contributed by atoms with van der Waals surface area (Å²) in [5, 5.41) is 0. The van der Waals surface area contributed by atoms with Crippen LogP contribution in [0.2, 0.25) is 0 Å². The summed E-state index contributed by atoms with van der Waals surface area (Å²) >= 11 is 0. The molecule has 0 N–H and O–H groups in total. The molecule has 9 aliphatic carbocycles. The van der Waals surface area contributed by atoms with E-state index in [0.29, 0.717) is 5.92 Å². The van der Waals surface area contributed by atoms with Gasteiger partial charge in [-0.25, -0.2) is 0 Å². The van der Waals surface area contributed by atoms with Crippen molar-refractivity contribution in [1.82, 2.24) is 0 Å². The average Bonchev–Trinajstić information content (AvgIpc) is 3.51. The normalized spacial score (nSPS) is 25.1. The van der Waals surface area contributed by atoms with Gasteiger partial charge in [-0.2, -0.15) is 0 Å². The zero-order valence-electron chi connectivity index (χ0n) is 46.3. The number of anilines is 4. The maximum atomic E-state index is 2.75. The highest BCUT2D eigenvalue weighted by Gasteiger charge is 2.56. The van der Waals surface area contributed by atoms with Gasteiger partial charge in [-0.15, -0.1) is 0 Å². The molecule has 1 spiro atoms. The van der Waals surface area contributed by atoms with Gasteiger partial charge in [0.1, 0.15) is 0 Å². The van der Waals surface area contributed by atoms with E-state index < -0.39 is 5.41 Å². The maximum absolute atomic E-state index is 2.75. The molecule has 2 nitrogen and oxygen atoms in total. The van der Waals surface area contributed by atoms with Gasteiger partial charge in [0.25, 0.3) is 0 Å². The van der Waals surface area contributed by atoms with Crippen LogP contribution in [-0.2, 0) is 10.8 Å². The molecular formula is C79H66N2. The molecule has 0 amide bonds. The molecule has 0 saturated heterocycles. The van der Waals surface area contributed by atoms with Gasteiger partial charge in [0.2, 0.25) is 0 Å². The van der Waals surface area contributed by atoms with Crippen molar-refractivity contribution in [2.45, 2.75) is 81.1 Å². The van der Waals surface area contributed by atoms with E-state index in [4.69, 9.17) is 0 Å². The van der Waals surface area contributed by atoms with Crippen molar-refractivity contribution in [3.63, 3.8) is 0 Å². The molecule has 0 aromatic heterocycles. The lowest BCUT2D eigenvalue weighted by atomic mass is 9.67. The molecular weight excluding hydrogens is 977 g/mol. The van der Waals surface area contributed by atoms with Gasteiger partial charge >= 0.3 is 0 Å². The minimum Gasteiger partial charge on any atom is -0.337 e. The third-order valence-corrected chi connectivity index (χ3v) is 21.2. The van der Waals surface area contributed by atoms with Crippen molar-refractivity contribution in [3.8, 4) is 33.4 Å². The summed E-state index contributed by atoms with van der Waals surface area (Å²) in [4.78, 5) is 5.28. The van der Waals surface area contributed by atoms with Gasteiger partial charge in [0.05, 0.1) is 11.5 Å². The summed E-state index contributed by atoms with van der Waals surface area (Å²) in [5.41, 5.74) is 27.3. The van der Waals surface area contributed by atoms with E-state index in [2.05, 4.69) is 272 Å². The largest absolute Gasteiger partial charge is 0.337 e. The smallest absolute Gasteiger partial charge is 0.0723 e. The van der Waals surface area contributed by atoms with Crippen LogP contribution in [-0.4, -0.2) is 6.04 Å². The first kappa shape index (κ1) is 47.4. The molecule has 9 aromatic carbocycles. The third-order valence-electron chi connectivity index (χ3n) is 21.2. The lowest BCUT2D eigenvalue weighted by molar-refractivity contribution is 0.249. The Kier molecular flexibility index (Phi) is 10.5. The number of para-hydroxylation sites is 1. The number of benzene rings is 9. The van der Waals surface area contributed by atoms with E-state index >= 15 is 0 Å². The zero-order chi connectivity index (χ0) is 53.6. The highest BCUT2D eigenvalue weighted by molar-refractivity contribution is 5.99. The summed E-state index contributed by atoms with van der Waals surface area (Å²) in [6.07, 6.45) is 19.6. The van der Waals surface area contributed by atoms with Crippen molar-refractivity contribution in [3.05, 3.63) is 305 Å². The molecule has 9 aliphatic rings. The average molecular weight is 1040 g/mol. The molecule has 8 unspecified atom stereocenters. The van der Waals surface area contributed by atoms with Crippen LogP contribution in [0.25, 0.3) is 39.0 Å². The SMILES string of the molecule is CC1(C)c2ccccc2-c2cc(N(C3=CC4=C(CC3c3ccccc3)c3ccccc3C43c4ccc(-c5ccccc5)cc4-c4ccc(N(c5ccccc5)c5ccc(C6C7CC8CC(C7)C6C8)cc5)cc43)C3C=CC=CC3)ccc21.